The largest absolute Gasteiger partial charge is 0.648 e. The lowest BCUT2D eigenvalue weighted by molar-refractivity contribution is 0.332. The molecule has 2 aromatic carbocycles. The van der Waals surface area contributed by atoms with Crippen LogP contribution in [0, 0.1) is 0 Å². The molecule has 31 heavy (non-hydrogen) atoms. The average Bonchev–Trinajstić information content (AvgIpc) is 3.36. The summed E-state index contributed by atoms with van der Waals surface area (Å²) < 4.78 is 31.0. The fourth-order valence-electron chi connectivity index (χ4n) is 3.50. The normalized spacial score (nSPS) is 18.6. The molecule has 1 atom stereocenters. The Bertz CT molecular complexity index is 1440. The summed E-state index contributed by atoms with van der Waals surface area (Å²) in [5, 5.41) is 5.46. The number of phosphoric acid groups is 1. The van der Waals surface area contributed by atoms with Crippen molar-refractivity contribution in [3.63, 3.8) is 0 Å². The second-order valence-corrected chi connectivity index (χ2v) is 8.84. The monoisotopic (exact) mass is 453 g/mol. The Labute approximate surface area is 180 Å². The molecule has 0 spiro atoms. The average molecular weight is 454 g/mol. The van der Waals surface area contributed by atoms with Gasteiger partial charge in [-0.2, -0.15) is 9.67 Å². The molecule has 0 fully saturated rings. The van der Waals surface area contributed by atoms with Crippen molar-refractivity contribution in [1.29, 1.82) is 0 Å². The lowest BCUT2D eigenvalue weighted by Gasteiger charge is -2.14. The molecule has 1 N–H and O–H groups in total. The van der Waals surface area contributed by atoms with Crippen molar-refractivity contribution in [2.45, 2.75) is 6.92 Å². The molecule has 0 radical (unpaired) electrons. The fourth-order valence-corrected chi connectivity index (χ4v) is 4.93. The smallest absolute Gasteiger partial charge is 0.385 e. The number of hydrogen-bond acceptors (Lipinski definition) is 8. The minimum atomic E-state index is -3.84. The predicted molar refractivity (Wildman–Crippen MR) is 116 cm³/mol. The summed E-state index contributed by atoms with van der Waals surface area (Å²) in [6.07, 6.45) is 5.34. The Morgan fingerprint density at radius 3 is 2.81 bits per heavy atom. The molecule has 11 heteroatoms. The number of rotatable bonds is 4. The van der Waals surface area contributed by atoms with Gasteiger partial charge in [0.15, 0.2) is 0 Å². The standard InChI is InChI=1S/C20H13ClN5O4P/c1-11(12-2-4-14(5-3-12)26-7-6-22-10-26)24-25-18-17-15-8-13(21)9-16(17)28-31(27)29-19(18)20(23-15)30-31/h2-10H,1H3,(H,23,25)/b24-11+. The van der Waals surface area contributed by atoms with Gasteiger partial charge in [0.2, 0.25) is 5.75 Å². The minimum absolute atomic E-state index is 0.0730. The van der Waals surface area contributed by atoms with Gasteiger partial charge in [0.25, 0.3) is 5.88 Å². The molecular formula is C20H13ClN5O4P. The van der Waals surface area contributed by atoms with Gasteiger partial charge < -0.3 is 18.1 Å². The Hall–Kier alpha value is -3.55. The first-order valence-electron chi connectivity index (χ1n) is 9.24. The van der Waals surface area contributed by atoms with Crippen molar-refractivity contribution in [1.82, 2.24) is 14.5 Å². The van der Waals surface area contributed by atoms with Gasteiger partial charge >= 0.3 is 7.82 Å². The molecule has 4 aromatic rings. The number of anilines is 1. The van der Waals surface area contributed by atoms with Crippen LogP contribution in [0.5, 0.6) is 17.4 Å². The third-order valence-electron chi connectivity index (χ3n) is 4.97. The molecule has 2 aromatic heterocycles. The van der Waals surface area contributed by atoms with Gasteiger partial charge in [-0.15, -0.1) is 0 Å². The van der Waals surface area contributed by atoms with E-state index in [4.69, 9.17) is 25.2 Å². The van der Waals surface area contributed by atoms with E-state index >= 15 is 0 Å². The van der Waals surface area contributed by atoms with E-state index in [1.54, 1.807) is 24.7 Å². The van der Waals surface area contributed by atoms with Gasteiger partial charge in [-0.1, -0.05) is 23.7 Å². The first kappa shape index (κ1) is 18.2. The topological polar surface area (TPSA) is 99.9 Å². The maximum atomic E-state index is 12.7. The lowest BCUT2D eigenvalue weighted by Crippen LogP contribution is -2.03. The number of nitrogens with one attached hydrogen (secondary N) is 1. The van der Waals surface area contributed by atoms with E-state index in [-0.39, 0.29) is 17.4 Å². The van der Waals surface area contributed by atoms with Crippen LogP contribution in [0.15, 0.2) is 60.2 Å². The summed E-state index contributed by atoms with van der Waals surface area (Å²) in [4.78, 5) is 8.41. The summed E-state index contributed by atoms with van der Waals surface area (Å²) in [7, 11) is -3.84. The molecular weight excluding hydrogens is 441 g/mol. The number of phosphoric ester groups is 1. The van der Waals surface area contributed by atoms with Gasteiger partial charge in [-0.25, -0.2) is 9.97 Å². The summed E-state index contributed by atoms with van der Waals surface area (Å²) in [6, 6.07) is 11.1. The van der Waals surface area contributed by atoms with E-state index in [1.807, 2.05) is 42.0 Å². The second kappa shape index (κ2) is 6.47. The maximum absolute atomic E-state index is 12.7. The van der Waals surface area contributed by atoms with Gasteiger partial charge in [0, 0.05) is 29.2 Å². The number of halogens is 1. The molecule has 0 saturated heterocycles. The fraction of sp³-hybridized carbons (Fsp3) is 0.0500. The van der Waals surface area contributed by atoms with Crippen molar-refractivity contribution in [3.05, 3.63) is 65.7 Å². The molecule has 4 heterocycles. The van der Waals surface area contributed by atoms with Crippen LogP contribution in [0.1, 0.15) is 12.5 Å². The van der Waals surface area contributed by atoms with Crippen LogP contribution in [-0.4, -0.2) is 20.2 Å². The highest BCUT2D eigenvalue weighted by atomic mass is 35.5. The summed E-state index contributed by atoms with van der Waals surface area (Å²) in [5.41, 5.74) is 6.62. The number of imidazole rings is 1. The van der Waals surface area contributed by atoms with E-state index in [9.17, 15) is 4.57 Å². The first-order chi connectivity index (χ1) is 15.0. The van der Waals surface area contributed by atoms with E-state index in [0.717, 1.165) is 17.0 Å². The highest BCUT2D eigenvalue weighted by Crippen LogP contribution is 2.65. The molecule has 2 aliphatic rings. The minimum Gasteiger partial charge on any atom is -0.385 e. The third-order valence-corrected chi connectivity index (χ3v) is 6.42. The van der Waals surface area contributed by atoms with E-state index in [0.29, 0.717) is 21.6 Å². The third kappa shape index (κ3) is 2.93. The van der Waals surface area contributed by atoms with E-state index < -0.39 is 7.82 Å². The first-order valence-corrected chi connectivity index (χ1v) is 11.1. The summed E-state index contributed by atoms with van der Waals surface area (Å²) in [5.74, 6) is 0.524. The molecule has 9 nitrogen and oxygen atoms in total. The second-order valence-electron chi connectivity index (χ2n) is 6.97. The molecule has 0 saturated carbocycles. The zero-order chi connectivity index (χ0) is 21.2. The van der Waals surface area contributed by atoms with Gasteiger partial charge in [0.05, 0.1) is 22.9 Å². The number of fused-ring (bicyclic) bond motifs is 1. The van der Waals surface area contributed by atoms with Crippen LogP contribution >= 0.6 is 19.4 Å². The van der Waals surface area contributed by atoms with Crippen molar-refractivity contribution >= 4 is 41.7 Å². The number of benzene rings is 2. The van der Waals surface area contributed by atoms with Gasteiger partial charge in [0.1, 0.15) is 11.4 Å². The van der Waals surface area contributed by atoms with Crippen LogP contribution in [0.3, 0.4) is 0 Å². The maximum Gasteiger partial charge on any atom is 0.648 e. The predicted octanol–water partition coefficient (Wildman–Crippen LogP) is 5.18. The molecule has 154 valence electrons. The number of hydrazone groups is 1. The Balaban J connectivity index is 1.39. The highest BCUT2D eigenvalue weighted by molar-refractivity contribution is 7.50. The van der Waals surface area contributed by atoms with Crippen LogP contribution in [-0.2, 0) is 4.57 Å². The van der Waals surface area contributed by atoms with Crippen LogP contribution in [0.2, 0.25) is 5.02 Å². The van der Waals surface area contributed by atoms with Crippen molar-refractivity contribution < 1.29 is 18.1 Å². The molecule has 0 amide bonds. The number of aromatic nitrogens is 3. The number of nitrogens with zero attached hydrogens (tertiary/aromatic N) is 4. The molecule has 3 bridgehead atoms. The molecule has 1 unspecified atom stereocenters. The zero-order valence-electron chi connectivity index (χ0n) is 15.9. The summed E-state index contributed by atoms with van der Waals surface area (Å²) >= 11 is 6.15. The molecule has 2 aliphatic heterocycles. The molecule has 6 rings (SSSR count). The van der Waals surface area contributed by atoms with Crippen molar-refractivity contribution in [2.75, 3.05) is 5.43 Å². The van der Waals surface area contributed by atoms with Crippen LogP contribution in [0.25, 0.3) is 16.6 Å². The quantitative estimate of drug-likeness (QED) is 0.258. The Kier molecular flexibility index (Phi) is 3.81. The summed E-state index contributed by atoms with van der Waals surface area (Å²) in [6.45, 7) is 1.87. The number of hydrogen-bond donors (Lipinski definition) is 1. The van der Waals surface area contributed by atoms with E-state index in [1.165, 1.54) is 0 Å². The van der Waals surface area contributed by atoms with Gasteiger partial charge in [-0.05, 0) is 30.7 Å². The van der Waals surface area contributed by atoms with Crippen molar-refractivity contribution in [3.8, 4) is 23.1 Å². The van der Waals surface area contributed by atoms with Crippen LogP contribution < -0.4 is 19.0 Å². The van der Waals surface area contributed by atoms with Gasteiger partial charge in [-0.3, -0.25) is 5.43 Å². The highest BCUT2D eigenvalue weighted by Gasteiger charge is 2.47. The Morgan fingerprint density at radius 2 is 2.03 bits per heavy atom. The SMILES string of the molecule is C/C(=N\Nc1c2c3nc4cc(Cl)cc(c14)OP(=O)(O3)O2)c1ccc(-n2ccnc2)cc1. The molecule has 0 aliphatic carbocycles. The Morgan fingerprint density at radius 1 is 1.19 bits per heavy atom. The zero-order valence-corrected chi connectivity index (χ0v) is 17.6. The van der Waals surface area contributed by atoms with Crippen molar-refractivity contribution in [2.24, 2.45) is 5.10 Å². The van der Waals surface area contributed by atoms with E-state index in [2.05, 4.69) is 20.5 Å². The lowest BCUT2D eigenvalue weighted by atomic mass is 10.1. The number of pyridine rings is 1. The van der Waals surface area contributed by atoms with Crippen LogP contribution in [0.4, 0.5) is 5.69 Å².